The molecule has 0 N–H and O–H groups in total. The first-order valence-electron chi connectivity index (χ1n) is 6.48. The molecule has 0 atom stereocenters. The fraction of sp³-hybridized carbons (Fsp3) is 0.250. The van der Waals surface area contributed by atoms with Crippen LogP contribution in [0.15, 0.2) is 53.4 Å². The number of sulfonamides is 1. The fourth-order valence-corrected chi connectivity index (χ4v) is 3.08. The van der Waals surface area contributed by atoms with Crippen molar-refractivity contribution in [2.24, 2.45) is 0 Å². The van der Waals surface area contributed by atoms with Gasteiger partial charge in [0.05, 0.1) is 4.90 Å². The number of nitrogens with zero attached hydrogens (tertiary/aromatic N) is 1. The van der Waals surface area contributed by atoms with Crippen LogP contribution in [0.5, 0.6) is 0 Å². The Bertz CT molecular complexity index is 673. The fourth-order valence-electron chi connectivity index (χ4n) is 1.93. The number of hydrogen-bond acceptors (Lipinski definition) is 2. The van der Waals surface area contributed by atoms with Gasteiger partial charge in [-0.25, -0.2) is 8.42 Å². The van der Waals surface area contributed by atoms with Crippen molar-refractivity contribution in [3.05, 3.63) is 65.2 Å². The molecule has 2 aromatic rings. The summed E-state index contributed by atoms with van der Waals surface area (Å²) in [6.45, 7) is 4.32. The van der Waals surface area contributed by atoms with Crippen LogP contribution in [-0.2, 0) is 16.6 Å². The summed E-state index contributed by atoms with van der Waals surface area (Å²) in [5.41, 5.74) is 3.19. The molecule has 0 aliphatic heterocycles. The van der Waals surface area contributed by atoms with E-state index in [-0.39, 0.29) is 0 Å². The Morgan fingerprint density at radius 1 is 0.850 bits per heavy atom. The zero-order valence-electron chi connectivity index (χ0n) is 12.0. The highest BCUT2D eigenvalue weighted by atomic mass is 32.2. The highest BCUT2D eigenvalue weighted by Gasteiger charge is 2.20. The average Bonchev–Trinajstić information content (AvgIpc) is 2.42. The molecule has 0 aliphatic rings. The van der Waals surface area contributed by atoms with Crippen LogP contribution in [0.3, 0.4) is 0 Å². The Hall–Kier alpha value is -1.65. The molecule has 2 aromatic carbocycles. The minimum Gasteiger partial charge on any atom is -0.207 e. The maximum atomic E-state index is 12.4. The van der Waals surface area contributed by atoms with Gasteiger partial charge in [-0.3, -0.25) is 0 Å². The third kappa shape index (κ3) is 3.26. The van der Waals surface area contributed by atoms with Gasteiger partial charge in [-0.2, -0.15) is 4.31 Å². The van der Waals surface area contributed by atoms with Crippen molar-refractivity contribution in [2.45, 2.75) is 25.3 Å². The molecular formula is C16H19NO2S. The van der Waals surface area contributed by atoms with Gasteiger partial charge < -0.3 is 0 Å². The molecule has 0 bridgehead atoms. The summed E-state index contributed by atoms with van der Waals surface area (Å²) in [4.78, 5) is 0.331. The molecule has 0 heterocycles. The topological polar surface area (TPSA) is 37.4 Å². The monoisotopic (exact) mass is 289 g/mol. The number of hydrogen-bond donors (Lipinski definition) is 0. The molecule has 2 rings (SSSR count). The molecule has 0 aromatic heterocycles. The second-order valence-corrected chi connectivity index (χ2v) is 7.10. The van der Waals surface area contributed by atoms with Crippen LogP contribution >= 0.6 is 0 Å². The standard InChI is InChI=1S/C16H19NO2S/c1-13-4-8-15(9-5-13)12-17(3)20(18,19)16-10-6-14(2)7-11-16/h4-11H,12H2,1-3H3. The lowest BCUT2D eigenvalue weighted by Gasteiger charge is -2.17. The van der Waals surface area contributed by atoms with Crippen LogP contribution in [0.2, 0.25) is 0 Å². The molecule has 0 saturated heterocycles. The zero-order chi connectivity index (χ0) is 14.8. The Kier molecular flexibility index (Phi) is 4.26. The van der Waals surface area contributed by atoms with E-state index in [1.54, 1.807) is 19.2 Å². The first-order valence-corrected chi connectivity index (χ1v) is 7.92. The van der Waals surface area contributed by atoms with E-state index in [9.17, 15) is 8.42 Å². The van der Waals surface area contributed by atoms with Gasteiger partial charge in [0.1, 0.15) is 0 Å². The summed E-state index contributed by atoms with van der Waals surface area (Å²) in [5, 5.41) is 0. The van der Waals surface area contributed by atoms with E-state index in [1.165, 1.54) is 4.31 Å². The van der Waals surface area contributed by atoms with Gasteiger partial charge in [-0.05, 0) is 31.5 Å². The smallest absolute Gasteiger partial charge is 0.207 e. The molecule has 0 aliphatic carbocycles. The van der Waals surface area contributed by atoms with Gasteiger partial charge >= 0.3 is 0 Å². The minimum absolute atomic E-state index is 0.331. The van der Waals surface area contributed by atoms with E-state index in [4.69, 9.17) is 0 Å². The highest BCUT2D eigenvalue weighted by molar-refractivity contribution is 7.89. The maximum Gasteiger partial charge on any atom is 0.243 e. The van der Waals surface area contributed by atoms with Crippen LogP contribution in [0.25, 0.3) is 0 Å². The lowest BCUT2D eigenvalue weighted by Crippen LogP contribution is -2.26. The second kappa shape index (κ2) is 5.77. The molecule has 0 saturated carbocycles. The predicted octanol–water partition coefficient (Wildman–Crippen LogP) is 3.12. The van der Waals surface area contributed by atoms with Gasteiger partial charge in [0.2, 0.25) is 10.0 Å². The van der Waals surface area contributed by atoms with Crippen molar-refractivity contribution in [1.29, 1.82) is 0 Å². The molecule has 0 amide bonds. The van der Waals surface area contributed by atoms with Crippen molar-refractivity contribution >= 4 is 10.0 Å². The van der Waals surface area contributed by atoms with Gasteiger partial charge in [0.15, 0.2) is 0 Å². The molecule has 4 heteroatoms. The van der Waals surface area contributed by atoms with Gasteiger partial charge in [-0.15, -0.1) is 0 Å². The van der Waals surface area contributed by atoms with Crippen molar-refractivity contribution in [3.63, 3.8) is 0 Å². The van der Waals surface area contributed by atoms with Crippen LogP contribution in [-0.4, -0.2) is 19.8 Å². The quantitative estimate of drug-likeness (QED) is 0.867. The van der Waals surface area contributed by atoms with Crippen molar-refractivity contribution < 1.29 is 8.42 Å². The number of rotatable bonds is 4. The first-order chi connectivity index (χ1) is 9.39. The van der Waals surface area contributed by atoms with Crippen LogP contribution < -0.4 is 0 Å². The summed E-state index contributed by atoms with van der Waals surface area (Å²) < 4.78 is 26.3. The van der Waals surface area contributed by atoms with E-state index in [0.29, 0.717) is 11.4 Å². The van der Waals surface area contributed by atoms with Gasteiger partial charge in [0.25, 0.3) is 0 Å². The highest BCUT2D eigenvalue weighted by Crippen LogP contribution is 2.17. The summed E-state index contributed by atoms with van der Waals surface area (Å²) in [7, 11) is -1.82. The van der Waals surface area contributed by atoms with E-state index in [1.807, 2.05) is 50.2 Å². The number of benzene rings is 2. The van der Waals surface area contributed by atoms with Crippen molar-refractivity contribution in [2.75, 3.05) is 7.05 Å². The zero-order valence-corrected chi connectivity index (χ0v) is 12.8. The second-order valence-electron chi connectivity index (χ2n) is 5.06. The number of aryl methyl sites for hydroxylation is 2. The summed E-state index contributed by atoms with van der Waals surface area (Å²) in [5.74, 6) is 0. The maximum absolute atomic E-state index is 12.4. The van der Waals surface area contributed by atoms with E-state index in [0.717, 1.165) is 16.7 Å². The molecule has 0 spiro atoms. The molecule has 0 unspecified atom stereocenters. The normalized spacial score (nSPS) is 11.8. The van der Waals surface area contributed by atoms with E-state index < -0.39 is 10.0 Å². The van der Waals surface area contributed by atoms with Crippen LogP contribution in [0.1, 0.15) is 16.7 Å². The first kappa shape index (κ1) is 14.8. The predicted molar refractivity (Wildman–Crippen MR) is 81.0 cm³/mol. The Labute approximate surface area is 120 Å². The Morgan fingerprint density at radius 3 is 1.80 bits per heavy atom. The van der Waals surface area contributed by atoms with E-state index in [2.05, 4.69) is 0 Å². The van der Waals surface area contributed by atoms with Crippen molar-refractivity contribution in [3.8, 4) is 0 Å². The summed E-state index contributed by atoms with van der Waals surface area (Å²) in [6.07, 6.45) is 0. The molecular weight excluding hydrogens is 270 g/mol. The Morgan fingerprint density at radius 2 is 1.30 bits per heavy atom. The molecule has 0 radical (unpaired) electrons. The van der Waals surface area contributed by atoms with Gasteiger partial charge in [-0.1, -0.05) is 47.5 Å². The van der Waals surface area contributed by atoms with Crippen LogP contribution in [0, 0.1) is 13.8 Å². The molecule has 106 valence electrons. The molecule has 3 nitrogen and oxygen atoms in total. The van der Waals surface area contributed by atoms with E-state index >= 15 is 0 Å². The Balaban J connectivity index is 2.21. The lowest BCUT2D eigenvalue weighted by molar-refractivity contribution is 0.466. The molecule has 20 heavy (non-hydrogen) atoms. The largest absolute Gasteiger partial charge is 0.243 e. The average molecular weight is 289 g/mol. The third-order valence-electron chi connectivity index (χ3n) is 3.25. The SMILES string of the molecule is Cc1ccc(CN(C)S(=O)(=O)c2ccc(C)cc2)cc1. The molecule has 0 fully saturated rings. The minimum atomic E-state index is -3.43. The summed E-state index contributed by atoms with van der Waals surface area (Å²) in [6, 6.07) is 14.8. The van der Waals surface area contributed by atoms with Crippen LogP contribution in [0.4, 0.5) is 0 Å². The lowest BCUT2D eigenvalue weighted by atomic mass is 10.1. The third-order valence-corrected chi connectivity index (χ3v) is 5.07. The van der Waals surface area contributed by atoms with Crippen molar-refractivity contribution in [1.82, 2.24) is 4.31 Å². The summed E-state index contributed by atoms with van der Waals surface area (Å²) >= 11 is 0. The van der Waals surface area contributed by atoms with Gasteiger partial charge in [0, 0.05) is 13.6 Å².